The summed E-state index contributed by atoms with van der Waals surface area (Å²) >= 11 is 3.18. The minimum Gasteiger partial charge on any atom is -0.504 e. The second-order valence-corrected chi connectivity index (χ2v) is 2.86. The quantitative estimate of drug-likeness (QED) is 0.716. The number of fused-ring (bicyclic) bond motifs is 1. The Morgan fingerprint density at radius 3 is 3.09 bits per heavy atom. The van der Waals surface area contributed by atoms with Crippen molar-refractivity contribution in [2.24, 2.45) is 0 Å². The van der Waals surface area contributed by atoms with Gasteiger partial charge in [0.2, 0.25) is 0 Å². The molecule has 0 spiro atoms. The lowest BCUT2D eigenvalue weighted by molar-refractivity contribution is 0.475. The van der Waals surface area contributed by atoms with Crippen LogP contribution < -0.4 is 0 Å². The number of imidazole rings is 1. The van der Waals surface area contributed by atoms with Crippen molar-refractivity contribution in [3.63, 3.8) is 0 Å². The van der Waals surface area contributed by atoms with Crippen LogP contribution in [0.5, 0.6) is 5.75 Å². The van der Waals surface area contributed by atoms with Crippen LogP contribution in [0.1, 0.15) is 0 Å². The molecule has 0 aliphatic heterocycles. The SMILES string of the molecule is Oc1ccnn2cc(Br)nc12. The third-order valence-corrected chi connectivity index (χ3v) is 1.69. The second-order valence-electron chi connectivity index (χ2n) is 2.05. The summed E-state index contributed by atoms with van der Waals surface area (Å²) in [6.45, 7) is 0. The van der Waals surface area contributed by atoms with Crippen molar-refractivity contribution in [1.29, 1.82) is 0 Å². The average Bonchev–Trinajstić information content (AvgIpc) is 2.31. The lowest BCUT2D eigenvalue weighted by Crippen LogP contribution is -1.87. The predicted molar refractivity (Wildman–Crippen MR) is 42.4 cm³/mol. The number of aromatic hydroxyl groups is 1. The van der Waals surface area contributed by atoms with Crippen LogP contribution in [-0.2, 0) is 0 Å². The minimum absolute atomic E-state index is 0.130. The van der Waals surface area contributed by atoms with Crippen LogP contribution in [0.25, 0.3) is 5.65 Å². The first-order valence-corrected chi connectivity index (χ1v) is 3.75. The molecule has 5 heteroatoms. The predicted octanol–water partition coefficient (Wildman–Crippen LogP) is 1.20. The molecule has 0 aliphatic carbocycles. The zero-order valence-electron chi connectivity index (χ0n) is 5.40. The number of aromatic nitrogens is 3. The maximum absolute atomic E-state index is 9.24. The van der Waals surface area contributed by atoms with Crippen molar-refractivity contribution in [3.8, 4) is 5.75 Å². The van der Waals surface area contributed by atoms with Gasteiger partial charge in [0, 0.05) is 6.07 Å². The van der Waals surface area contributed by atoms with Crippen LogP contribution >= 0.6 is 15.9 Å². The average molecular weight is 214 g/mol. The molecule has 0 saturated carbocycles. The summed E-state index contributed by atoms with van der Waals surface area (Å²) in [7, 11) is 0. The van der Waals surface area contributed by atoms with E-state index in [-0.39, 0.29) is 5.75 Å². The molecule has 0 unspecified atom stereocenters. The molecule has 2 heterocycles. The Bertz CT molecular complexity index is 398. The summed E-state index contributed by atoms with van der Waals surface area (Å²) in [4.78, 5) is 3.98. The molecule has 2 aromatic heterocycles. The fourth-order valence-corrected chi connectivity index (χ4v) is 1.22. The fraction of sp³-hybridized carbons (Fsp3) is 0. The number of halogens is 1. The minimum atomic E-state index is 0.130. The first-order valence-electron chi connectivity index (χ1n) is 2.96. The molecule has 11 heavy (non-hydrogen) atoms. The molecule has 0 radical (unpaired) electrons. The highest BCUT2D eigenvalue weighted by Gasteiger charge is 2.02. The van der Waals surface area contributed by atoms with Gasteiger partial charge in [-0.25, -0.2) is 9.50 Å². The number of hydrogen-bond donors (Lipinski definition) is 1. The van der Waals surface area contributed by atoms with Crippen molar-refractivity contribution in [2.45, 2.75) is 0 Å². The summed E-state index contributed by atoms with van der Waals surface area (Å²) in [5.74, 6) is 0.130. The monoisotopic (exact) mass is 213 g/mol. The van der Waals surface area contributed by atoms with Gasteiger partial charge >= 0.3 is 0 Å². The first-order chi connectivity index (χ1) is 5.27. The Balaban J connectivity index is 2.90. The Morgan fingerprint density at radius 1 is 1.55 bits per heavy atom. The largest absolute Gasteiger partial charge is 0.504 e. The van der Waals surface area contributed by atoms with Gasteiger partial charge in [0.1, 0.15) is 4.60 Å². The molecule has 2 rings (SSSR count). The highest BCUT2D eigenvalue weighted by molar-refractivity contribution is 9.10. The van der Waals surface area contributed by atoms with Crippen LogP contribution in [-0.4, -0.2) is 19.7 Å². The van der Waals surface area contributed by atoms with Crippen molar-refractivity contribution in [1.82, 2.24) is 14.6 Å². The van der Waals surface area contributed by atoms with Crippen molar-refractivity contribution >= 4 is 21.6 Å². The van der Waals surface area contributed by atoms with E-state index in [1.165, 1.54) is 16.8 Å². The first kappa shape index (κ1) is 6.60. The third kappa shape index (κ3) is 0.970. The van der Waals surface area contributed by atoms with E-state index in [1.54, 1.807) is 6.20 Å². The standard InChI is InChI=1S/C6H4BrN3O/c7-5-3-10-6(9-5)4(11)1-2-8-10/h1-3,11H. The Hall–Kier alpha value is -1.10. The summed E-state index contributed by atoms with van der Waals surface area (Å²) in [6.07, 6.45) is 3.19. The summed E-state index contributed by atoms with van der Waals surface area (Å²) < 4.78 is 2.16. The van der Waals surface area contributed by atoms with E-state index in [0.29, 0.717) is 10.3 Å². The van der Waals surface area contributed by atoms with Gasteiger partial charge < -0.3 is 5.11 Å². The lowest BCUT2D eigenvalue weighted by Gasteiger charge is -1.91. The lowest BCUT2D eigenvalue weighted by atomic mass is 10.5. The molecule has 0 bridgehead atoms. The van der Waals surface area contributed by atoms with Crippen LogP contribution in [0, 0.1) is 0 Å². The van der Waals surface area contributed by atoms with Crippen LogP contribution in [0.4, 0.5) is 0 Å². The number of rotatable bonds is 0. The van der Waals surface area contributed by atoms with Gasteiger partial charge in [-0.2, -0.15) is 5.10 Å². The van der Waals surface area contributed by atoms with Gasteiger partial charge in [-0.15, -0.1) is 0 Å². The van der Waals surface area contributed by atoms with E-state index >= 15 is 0 Å². The Labute approximate surface area is 70.6 Å². The van der Waals surface area contributed by atoms with E-state index in [4.69, 9.17) is 0 Å². The number of hydrogen-bond acceptors (Lipinski definition) is 3. The molecule has 0 saturated heterocycles. The molecule has 0 fully saturated rings. The van der Waals surface area contributed by atoms with Crippen LogP contribution in [0.3, 0.4) is 0 Å². The van der Waals surface area contributed by atoms with Crippen molar-refractivity contribution in [2.75, 3.05) is 0 Å². The maximum Gasteiger partial charge on any atom is 0.197 e. The molecule has 0 aliphatic rings. The second kappa shape index (κ2) is 2.20. The third-order valence-electron chi connectivity index (χ3n) is 1.31. The zero-order chi connectivity index (χ0) is 7.84. The normalized spacial score (nSPS) is 10.6. The van der Waals surface area contributed by atoms with Gasteiger partial charge in [-0.05, 0) is 15.9 Å². The van der Waals surface area contributed by atoms with Gasteiger partial charge in [0.05, 0.1) is 12.4 Å². The maximum atomic E-state index is 9.24. The number of nitrogens with zero attached hydrogens (tertiary/aromatic N) is 3. The van der Waals surface area contributed by atoms with E-state index < -0.39 is 0 Å². The van der Waals surface area contributed by atoms with E-state index in [9.17, 15) is 5.11 Å². The Kier molecular flexibility index (Phi) is 1.32. The van der Waals surface area contributed by atoms with Gasteiger partial charge in [-0.3, -0.25) is 0 Å². The summed E-state index contributed by atoms with van der Waals surface area (Å²) in [6, 6.07) is 1.49. The van der Waals surface area contributed by atoms with Gasteiger partial charge in [0.25, 0.3) is 0 Å². The van der Waals surface area contributed by atoms with E-state index in [1.807, 2.05) is 0 Å². The molecule has 4 nitrogen and oxygen atoms in total. The smallest absolute Gasteiger partial charge is 0.197 e. The van der Waals surface area contributed by atoms with Crippen molar-refractivity contribution < 1.29 is 5.11 Å². The molecule has 0 amide bonds. The summed E-state index contributed by atoms with van der Waals surface area (Å²) in [5.41, 5.74) is 0.458. The Morgan fingerprint density at radius 2 is 2.36 bits per heavy atom. The summed E-state index contributed by atoms with van der Waals surface area (Å²) in [5, 5.41) is 13.2. The molecule has 1 N–H and O–H groups in total. The van der Waals surface area contributed by atoms with Crippen LogP contribution in [0.15, 0.2) is 23.1 Å². The van der Waals surface area contributed by atoms with E-state index in [0.717, 1.165) is 0 Å². The molecule has 0 atom stereocenters. The highest BCUT2D eigenvalue weighted by Crippen LogP contribution is 2.17. The fourth-order valence-electron chi connectivity index (χ4n) is 0.856. The van der Waals surface area contributed by atoms with Gasteiger partial charge in [-0.1, -0.05) is 0 Å². The topological polar surface area (TPSA) is 50.4 Å². The molecule has 56 valence electrons. The highest BCUT2D eigenvalue weighted by atomic mass is 79.9. The molecular weight excluding hydrogens is 210 g/mol. The van der Waals surface area contributed by atoms with Crippen LogP contribution in [0.2, 0.25) is 0 Å². The van der Waals surface area contributed by atoms with Gasteiger partial charge in [0.15, 0.2) is 11.4 Å². The molecule has 2 aromatic rings. The molecule has 0 aromatic carbocycles. The zero-order valence-corrected chi connectivity index (χ0v) is 6.98. The van der Waals surface area contributed by atoms with Crippen molar-refractivity contribution in [3.05, 3.63) is 23.1 Å². The molecular formula is C6H4BrN3O. The van der Waals surface area contributed by atoms with E-state index in [2.05, 4.69) is 26.0 Å².